The molecule has 0 aliphatic carbocycles. The molecule has 7 aromatic carbocycles. The molecular weight excluding hydrogens is 639 g/mol. The molecule has 10 aromatic rings. The average Bonchev–Trinajstić information content (AvgIpc) is 3.81. The Morgan fingerprint density at radius 3 is 1.73 bits per heavy atom. The molecule has 0 amide bonds. The van der Waals surface area contributed by atoms with Gasteiger partial charge >= 0.3 is 0 Å². The minimum absolute atomic E-state index is 0.536. The van der Waals surface area contributed by atoms with Crippen LogP contribution in [0.3, 0.4) is 0 Å². The number of hydrogen-bond acceptors (Lipinski definition) is 5. The lowest BCUT2D eigenvalue weighted by molar-refractivity contribution is 0.620. The van der Waals surface area contributed by atoms with Gasteiger partial charge in [0, 0.05) is 27.5 Å². The lowest BCUT2D eigenvalue weighted by atomic mass is 9.99. The van der Waals surface area contributed by atoms with Gasteiger partial charge in [0.05, 0.1) is 11.0 Å². The third-order valence-corrected chi connectivity index (χ3v) is 9.52. The highest BCUT2D eigenvalue weighted by Crippen LogP contribution is 2.38. The number of oxazole rings is 1. The first-order valence-electron chi connectivity index (χ1n) is 17.2. The molecule has 3 aromatic heterocycles. The Hall–Kier alpha value is -7.18. The van der Waals surface area contributed by atoms with Crippen LogP contribution in [0.25, 0.3) is 95.3 Å². The highest BCUT2D eigenvalue weighted by atomic mass is 16.3. The summed E-state index contributed by atoms with van der Waals surface area (Å²) in [5.74, 6) is 2.23. The van der Waals surface area contributed by atoms with E-state index in [1.54, 1.807) is 0 Å². The first kappa shape index (κ1) is 29.7. The summed E-state index contributed by atoms with van der Waals surface area (Å²) in [6.45, 7) is 0. The zero-order valence-electron chi connectivity index (χ0n) is 27.9. The van der Waals surface area contributed by atoms with Crippen molar-refractivity contribution in [2.45, 2.75) is 0 Å². The Bertz CT molecular complexity index is 2880. The number of aromatic nitrogens is 5. The summed E-state index contributed by atoms with van der Waals surface area (Å²) in [6.07, 6.45) is 0. The molecule has 52 heavy (non-hydrogen) atoms. The van der Waals surface area contributed by atoms with Gasteiger partial charge in [-0.05, 0) is 64.7 Å². The number of para-hydroxylation sites is 1. The molecule has 0 fully saturated rings. The van der Waals surface area contributed by atoms with Crippen molar-refractivity contribution in [2.75, 3.05) is 0 Å². The molecule has 0 unspecified atom stereocenters. The van der Waals surface area contributed by atoms with Crippen LogP contribution in [0.15, 0.2) is 180 Å². The van der Waals surface area contributed by atoms with Crippen molar-refractivity contribution in [1.29, 1.82) is 0 Å². The van der Waals surface area contributed by atoms with Crippen LogP contribution >= 0.6 is 0 Å². The third kappa shape index (κ3) is 5.13. The molecule has 6 heteroatoms. The van der Waals surface area contributed by atoms with E-state index in [9.17, 15) is 0 Å². The number of nitrogens with zero attached hydrogens (tertiary/aromatic N) is 5. The van der Waals surface area contributed by atoms with Crippen molar-refractivity contribution in [1.82, 2.24) is 24.5 Å². The predicted molar refractivity (Wildman–Crippen MR) is 209 cm³/mol. The molecule has 0 saturated carbocycles. The Morgan fingerprint density at radius 1 is 0.404 bits per heavy atom. The number of hydrogen-bond donors (Lipinski definition) is 0. The molecule has 244 valence electrons. The number of benzene rings is 7. The molecule has 0 radical (unpaired) electrons. The van der Waals surface area contributed by atoms with Gasteiger partial charge in [-0.3, -0.25) is 4.57 Å². The van der Waals surface area contributed by atoms with E-state index < -0.39 is 0 Å². The summed E-state index contributed by atoms with van der Waals surface area (Å²) in [6, 6.07) is 60.0. The van der Waals surface area contributed by atoms with E-state index >= 15 is 0 Å². The predicted octanol–water partition coefficient (Wildman–Crippen LogP) is 11.4. The molecule has 6 nitrogen and oxygen atoms in total. The van der Waals surface area contributed by atoms with Crippen molar-refractivity contribution in [3.05, 3.63) is 176 Å². The Balaban J connectivity index is 1.19. The Kier molecular flexibility index (Phi) is 7.03. The second kappa shape index (κ2) is 12.3. The molecule has 0 bridgehead atoms. The maximum atomic E-state index is 6.14. The first-order valence-corrected chi connectivity index (χ1v) is 17.2. The van der Waals surface area contributed by atoms with E-state index in [4.69, 9.17) is 24.4 Å². The highest BCUT2D eigenvalue weighted by Gasteiger charge is 2.20. The van der Waals surface area contributed by atoms with Crippen LogP contribution in [0.2, 0.25) is 0 Å². The van der Waals surface area contributed by atoms with Gasteiger partial charge in [0.1, 0.15) is 5.52 Å². The van der Waals surface area contributed by atoms with E-state index in [0.29, 0.717) is 29.1 Å². The van der Waals surface area contributed by atoms with Crippen molar-refractivity contribution in [3.63, 3.8) is 0 Å². The fourth-order valence-corrected chi connectivity index (χ4v) is 7.03. The highest BCUT2D eigenvalue weighted by molar-refractivity contribution is 6.15. The summed E-state index contributed by atoms with van der Waals surface area (Å²) in [5, 5.41) is 2.28. The maximum absolute atomic E-state index is 6.14. The van der Waals surface area contributed by atoms with Crippen LogP contribution in [0.5, 0.6) is 0 Å². The van der Waals surface area contributed by atoms with Crippen LogP contribution in [0.1, 0.15) is 0 Å². The molecule has 0 atom stereocenters. The lowest BCUT2D eigenvalue weighted by Gasteiger charge is -2.11. The molecule has 0 N–H and O–H groups in total. The van der Waals surface area contributed by atoms with E-state index in [1.807, 2.05) is 60.7 Å². The zero-order chi connectivity index (χ0) is 34.4. The van der Waals surface area contributed by atoms with Gasteiger partial charge in [-0.1, -0.05) is 133 Å². The van der Waals surface area contributed by atoms with E-state index in [1.165, 1.54) is 0 Å². The van der Waals surface area contributed by atoms with Gasteiger partial charge in [0.2, 0.25) is 11.8 Å². The second-order valence-electron chi connectivity index (χ2n) is 12.7. The molecule has 3 heterocycles. The van der Waals surface area contributed by atoms with Crippen LogP contribution in [-0.2, 0) is 0 Å². The smallest absolute Gasteiger partial charge is 0.238 e. The van der Waals surface area contributed by atoms with Gasteiger partial charge in [-0.15, -0.1) is 0 Å². The normalized spacial score (nSPS) is 11.5. The number of fused-ring (bicyclic) bond motifs is 4. The quantitative estimate of drug-likeness (QED) is 0.176. The maximum Gasteiger partial charge on any atom is 0.238 e. The van der Waals surface area contributed by atoms with Gasteiger partial charge in [-0.2, -0.15) is 9.97 Å². The van der Waals surface area contributed by atoms with Crippen molar-refractivity contribution in [3.8, 4) is 62.4 Å². The van der Waals surface area contributed by atoms with E-state index in [2.05, 4.69) is 120 Å². The molecule has 0 spiro atoms. The van der Waals surface area contributed by atoms with E-state index in [-0.39, 0.29) is 0 Å². The molecule has 0 saturated heterocycles. The minimum atomic E-state index is 0.536. The third-order valence-electron chi connectivity index (χ3n) is 9.52. The van der Waals surface area contributed by atoms with Gasteiger partial charge in [0.25, 0.3) is 0 Å². The van der Waals surface area contributed by atoms with E-state index in [0.717, 1.165) is 66.3 Å². The van der Waals surface area contributed by atoms with Crippen LogP contribution in [0, 0.1) is 0 Å². The van der Waals surface area contributed by atoms with Crippen molar-refractivity contribution in [2.24, 2.45) is 0 Å². The largest absolute Gasteiger partial charge is 0.436 e. The molecule has 0 aliphatic rings. The Morgan fingerprint density at radius 2 is 0.981 bits per heavy atom. The average molecular weight is 668 g/mol. The minimum Gasteiger partial charge on any atom is -0.436 e. The van der Waals surface area contributed by atoms with Gasteiger partial charge in [0.15, 0.2) is 17.2 Å². The van der Waals surface area contributed by atoms with Crippen LogP contribution in [-0.4, -0.2) is 24.5 Å². The van der Waals surface area contributed by atoms with Gasteiger partial charge < -0.3 is 4.42 Å². The number of rotatable bonds is 6. The lowest BCUT2D eigenvalue weighted by Crippen LogP contribution is -2.06. The fraction of sp³-hybridized carbons (Fsp3) is 0. The standard InChI is InChI=1S/C46H29N5O/c1-4-13-30(14-5-1)31-23-25-33(26-24-31)43-48-44(35-27-28-41-38(29-35)47-45(52-41)34-17-8-3-9-18-34)50-46(49-43)51-39-21-11-10-19-37(39)42-36(20-12-22-40(42)51)32-15-6-2-7-16-32/h1-29H. The summed E-state index contributed by atoms with van der Waals surface area (Å²) in [4.78, 5) is 20.3. The van der Waals surface area contributed by atoms with Gasteiger partial charge in [-0.25, -0.2) is 9.97 Å². The summed E-state index contributed by atoms with van der Waals surface area (Å²) in [5.41, 5.74) is 10.7. The van der Waals surface area contributed by atoms with Crippen LogP contribution < -0.4 is 0 Å². The summed E-state index contributed by atoms with van der Waals surface area (Å²) >= 11 is 0. The monoisotopic (exact) mass is 667 g/mol. The second-order valence-corrected chi connectivity index (χ2v) is 12.7. The Labute approximate surface area is 299 Å². The van der Waals surface area contributed by atoms with Crippen molar-refractivity contribution < 1.29 is 4.42 Å². The SMILES string of the molecule is c1ccc(-c2ccc(-c3nc(-c4ccc5oc(-c6ccccc6)nc5c4)nc(-n4c5ccccc5c5c(-c6ccccc6)cccc54)n3)cc2)cc1. The first-order chi connectivity index (χ1) is 25.8. The molecule has 0 aliphatic heterocycles. The summed E-state index contributed by atoms with van der Waals surface area (Å²) < 4.78 is 8.30. The zero-order valence-corrected chi connectivity index (χ0v) is 27.9. The summed E-state index contributed by atoms with van der Waals surface area (Å²) in [7, 11) is 0. The fourth-order valence-electron chi connectivity index (χ4n) is 7.03. The van der Waals surface area contributed by atoms with Crippen molar-refractivity contribution >= 4 is 32.9 Å². The molecule has 10 rings (SSSR count). The molecular formula is C46H29N5O. The van der Waals surface area contributed by atoms with Crippen LogP contribution in [0.4, 0.5) is 0 Å². The topological polar surface area (TPSA) is 69.6 Å².